The molecule has 1 aliphatic carbocycles. The Morgan fingerprint density at radius 3 is 2.81 bits per heavy atom. The summed E-state index contributed by atoms with van der Waals surface area (Å²) in [5, 5.41) is 9.10. The van der Waals surface area contributed by atoms with E-state index in [4.69, 9.17) is 5.11 Å². The Labute approximate surface area is 124 Å². The van der Waals surface area contributed by atoms with Crippen LogP contribution in [-0.2, 0) is 6.54 Å². The first-order valence-electron chi connectivity index (χ1n) is 7.79. The van der Waals surface area contributed by atoms with Gasteiger partial charge in [-0.25, -0.2) is 9.78 Å². The van der Waals surface area contributed by atoms with E-state index in [9.17, 15) is 4.79 Å². The Kier molecular flexibility index (Phi) is 3.70. The van der Waals surface area contributed by atoms with Crippen LogP contribution in [0.25, 0.3) is 11.0 Å². The first-order chi connectivity index (χ1) is 10.1. The molecule has 0 atom stereocenters. The van der Waals surface area contributed by atoms with Gasteiger partial charge in [0.1, 0.15) is 5.82 Å². The van der Waals surface area contributed by atoms with Gasteiger partial charge >= 0.3 is 5.97 Å². The van der Waals surface area contributed by atoms with E-state index in [1.54, 1.807) is 12.1 Å². The fourth-order valence-electron chi connectivity index (χ4n) is 2.90. The smallest absolute Gasteiger partial charge is 0.335 e. The van der Waals surface area contributed by atoms with Gasteiger partial charge in [-0.2, -0.15) is 0 Å². The number of carboxylic acid groups (broad SMARTS) is 1. The minimum absolute atomic E-state index is 0.306. The lowest BCUT2D eigenvalue weighted by Gasteiger charge is -2.11. The Bertz CT molecular complexity index is 669. The number of nitrogens with zero attached hydrogens (tertiary/aromatic N) is 2. The fourth-order valence-corrected chi connectivity index (χ4v) is 2.90. The molecule has 0 spiro atoms. The van der Waals surface area contributed by atoms with E-state index in [0.29, 0.717) is 11.5 Å². The monoisotopic (exact) mass is 286 g/mol. The van der Waals surface area contributed by atoms with Crippen molar-refractivity contribution in [2.24, 2.45) is 5.92 Å². The van der Waals surface area contributed by atoms with Crippen LogP contribution in [0.5, 0.6) is 0 Å². The zero-order chi connectivity index (χ0) is 15.0. The van der Waals surface area contributed by atoms with Crippen LogP contribution in [0.15, 0.2) is 18.2 Å². The van der Waals surface area contributed by atoms with Crippen LogP contribution in [-0.4, -0.2) is 20.6 Å². The maximum Gasteiger partial charge on any atom is 0.335 e. The molecule has 0 bridgehead atoms. The number of rotatable bonds is 6. The molecule has 0 saturated heterocycles. The van der Waals surface area contributed by atoms with Crippen molar-refractivity contribution >= 4 is 17.0 Å². The van der Waals surface area contributed by atoms with Crippen molar-refractivity contribution in [3.63, 3.8) is 0 Å². The van der Waals surface area contributed by atoms with Crippen LogP contribution in [0.2, 0.25) is 0 Å². The lowest BCUT2D eigenvalue weighted by atomic mass is 10.2. The number of hydrogen-bond donors (Lipinski definition) is 1. The molecule has 1 saturated carbocycles. The van der Waals surface area contributed by atoms with Crippen molar-refractivity contribution in [1.29, 1.82) is 0 Å². The van der Waals surface area contributed by atoms with Gasteiger partial charge in [-0.15, -0.1) is 0 Å². The van der Waals surface area contributed by atoms with E-state index >= 15 is 0 Å². The van der Waals surface area contributed by atoms with E-state index in [1.807, 2.05) is 6.07 Å². The average molecular weight is 286 g/mol. The van der Waals surface area contributed by atoms with E-state index in [1.165, 1.54) is 25.7 Å². The molecule has 112 valence electrons. The summed E-state index contributed by atoms with van der Waals surface area (Å²) >= 11 is 0. The molecule has 3 rings (SSSR count). The van der Waals surface area contributed by atoms with Crippen LogP contribution in [0.4, 0.5) is 0 Å². The number of hydrogen-bond acceptors (Lipinski definition) is 2. The van der Waals surface area contributed by atoms with Crippen molar-refractivity contribution in [3.8, 4) is 0 Å². The highest BCUT2D eigenvalue weighted by atomic mass is 16.4. The molecule has 1 heterocycles. The van der Waals surface area contributed by atoms with E-state index in [-0.39, 0.29) is 0 Å². The summed E-state index contributed by atoms with van der Waals surface area (Å²) in [4.78, 5) is 15.8. The van der Waals surface area contributed by atoms with Gasteiger partial charge in [-0.3, -0.25) is 0 Å². The summed E-state index contributed by atoms with van der Waals surface area (Å²) in [5.74, 6) is 1.45. The molecule has 21 heavy (non-hydrogen) atoms. The second-order valence-electron chi connectivity index (χ2n) is 6.37. The molecule has 4 heteroatoms. The number of aromatic nitrogens is 2. The molecular weight excluding hydrogens is 264 g/mol. The van der Waals surface area contributed by atoms with Gasteiger partial charge in [0, 0.05) is 12.5 Å². The number of aromatic carboxylic acids is 1. The predicted octanol–water partition coefficient (Wildman–Crippen LogP) is 4.05. The Morgan fingerprint density at radius 2 is 2.19 bits per heavy atom. The van der Waals surface area contributed by atoms with Crippen molar-refractivity contribution in [2.75, 3.05) is 0 Å². The zero-order valence-corrected chi connectivity index (χ0v) is 12.7. The van der Waals surface area contributed by atoms with Crippen LogP contribution in [0.3, 0.4) is 0 Å². The SMILES string of the molecule is CC(C)c1nc2cc(C(=O)O)ccc2n1CCCC1CC1. The molecule has 1 fully saturated rings. The highest BCUT2D eigenvalue weighted by Gasteiger charge is 2.21. The summed E-state index contributed by atoms with van der Waals surface area (Å²) in [7, 11) is 0. The predicted molar refractivity (Wildman–Crippen MR) is 82.7 cm³/mol. The minimum atomic E-state index is -0.897. The third-order valence-corrected chi connectivity index (χ3v) is 4.23. The first kappa shape index (κ1) is 14.1. The highest BCUT2D eigenvalue weighted by Crippen LogP contribution is 2.34. The summed E-state index contributed by atoms with van der Waals surface area (Å²) < 4.78 is 2.27. The third kappa shape index (κ3) is 2.94. The molecule has 1 aromatic carbocycles. The number of imidazole rings is 1. The Morgan fingerprint density at radius 1 is 1.43 bits per heavy atom. The topological polar surface area (TPSA) is 55.1 Å². The third-order valence-electron chi connectivity index (χ3n) is 4.23. The molecule has 1 aromatic heterocycles. The van der Waals surface area contributed by atoms with Crippen molar-refractivity contribution in [1.82, 2.24) is 9.55 Å². The number of benzene rings is 1. The maximum absolute atomic E-state index is 11.1. The van der Waals surface area contributed by atoms with E-state index < -0.39 is 5.97 Å². The lowest BCUT2D eigenvalue weighted by Crippen LogP contribution is -2.06. The second kappa shape index (κ2) is 5.51. The Hall–Kier alpha value is -1.84. The summed E-state index contributed by atoms with van der Waals surface area (Å²) in [5.41, 5.74) is 2.16. The quantitative estimate of drug-likeness (QED) is 0.871. The van der Waals surface area contributed by atoms with Crippen LogP contribution >= 0.6 is 0 Å². The van der Waals surface area contributed by atoms with Crippen molar-refractivity contribution < 1.29 is 9.90 Å². The number of carbonyl (C=O) groups is 1. The van der Waals surface area contributed by atoms with E-state index in [2.05, 4.69) is 23.4 Å². The molecule has 1 aliphatic rings. The first-order valence-corrected chi connectivity index (χ1v) is 7.79. The molecule has 0 radical (unpaired) electrons. The normalized spacial score (nSPS) is 15.0. The number of carboxylic acids is 1. The molecule has 1 N–H and O–H groups in total. The lowest BCUT2D eigenvalue weighted by molar-refractivity contribution is 0.0697. The highest BCUT2D eigenvalue weighted by molar-refractivity contribution is 5.92. The van der Waals surface area contributed by atoms with Gasteiger partial charge in [0.05, 0.1) is 16.6 Å². The van der Waals surface area contributed by atoms with Crippen LogP contribution in [0, 0.1) is 5.92 Å². The molecule has 0 unspecified atom stereocenters. The zero-order valence-electron chi connectivity index (χ0n) is 12.7. The van der Waals surface area contributed by atoms with E-state index in [0.717, 1.165) is 29.3 Å². The van der Waals surface area contributed by atoms with Gasteiger partial charge in [-0.05, 0) is 37.0 Å². The van der Waals surface area contributed by atoms with Gasteiger partial charge in [0.2, 0.25) is 0 Å². The standard InChI is InChI=1S/C17H22N2O2/c1-11(2)16-18-14-10-13(17(20)21)7-8-15(14)19(16)9-3-4-12-5-6-12/h7-8,10-12H,3-6,9H2,1-2H3,(H,20,21). The van der Waals surface area contributed by atoms with Gasteiger partial charge in [0.25, 0.3) is 0 Å². The second-order valence-corrected chi connectivity index (χ2v) is 6.37. The molecular formula is C17H22N2O2. The minimum Gasteiger partial charge on any atom is -0.478 e. The van der Waals surface area contributed by atoms with Crippen molar-refractivity contribution in [2.45, 2.75) is 52.0 Å². The average Bonchev–Trinajstić information content (AvgIpc) is 3.18. The van der Waals surface area contributed by atoms with Gasteiger partial charge < -0.3 is 9.67 Å². The Balaban J connectivity index is 1.93. The van der Waals surface area contributed by atoms with Crippen LogP contribution in [0.1, 0.15) is 61.6 Å². The molecule has 4 nitrogen and oxygen atoms in total. The molecule has 0 amide bonds. The van der Waals surface area contributed by atoms with Crippen molar-refractivity contribution in [3.05, 3.63) is 29.6 Å². The summed E-state index contributed by atoms with van der Waals surface area (Å²) in [6, 6.07) is 5.25. The molecule has 0 aliphatic heterocycles. The fraction of sp³-hybridized carbons (Fsp3) is 0.529. The summed E-state index contributed by atoms with van der Waals surface area (Å²) in [6.45, 7) is 5.25. The number of aryl methyl sites for hydroxylation is 1. The van der Waals surface area contributed by atoms with Crippen LogP contribution < -0.4 is 0 Å². The summed E-state index contributed by atoms with van der Waals surface area (Å²) in [6.07, 6.45) is 5.26. The largest absolute Gasteiger partial charge is 0.478 e. The van der Waals surface area contributed by atoms with Gasteiger partial charge in [0.15, 0.2) is 0 Å². The van der Waals surface area contributed by atoms with Gasteiger partial charge in [-0.1, -0.05) is 26.7 Å². The molecule has 2 aromatic rings. The number of fused-ring (bicyclic) bond motifs is 1. The maximum atomic E-state index is 11.1.